The Labute approximate surface area is 106 Å². The largest absolute Gasteiger partial charge is 0.370 e. The zero-order valence-corrected chi connectivity index (χ0v) is 10.4. The van der Waals surface area contributed by atoms with Crippen molar-refractivity contribution in [1.82, 2.24) is 15.5 Å². The molecule has 0 radical (unpaired) electrons. The van der Waals surface area contributed by atoms with E-state index in [1.807, 2.05) is 0 Å². The first-order valence-electron chi connectivity index (χ1n) is 6.67. The molecule has 2 aliphatic rings. The van der Waals surface area contributed by atoms with Gasteiger partial charge in [0.2, 0.25) is 5.89 Å². The Morgan fingerprint density at radius 2 is 2.22 bits per heavy atom. The molecule has 3 rings (SSSR count). The second kappa shape index (κ2) is 4.96. The third kappa shape index (κ3) is 2.80. The summed E-state index contributed by atoms with van der Waals surface area (Å²) in [5.74, 6) is 3.10. The van der Waals surface area contributed by atoms with Gasteiger partial charge >= 0.3 is 0 Å². The van der Waals surface area contributed by atoms with Gasteiger partial charge in [-0.1, -0.05) is 11.6 Å². The number of nitrogens with zero attached hydrogens (tertiary/aromatic N) is 3. The van der Waals surface area contributed by atoms with Gasteiger partial charge in [-0.15, -0.1) is 0 Å². The van der Waals surface area contributed by atoms with E-state index < -0.39 is 0 Å². The monoisotopic (exact) mass is 249 g/mol. The standard InChI is InChI=1S/C12H19N5O/c13-12(14-6-8-2-1-3-8)15-7-10-16-11(18-17-10)9-4-5-9/h8-9H,1-7H2,(H3,13,14,15). The number of nitrogens with two attached hydrogens (primary N) is 1. The minimum absolute atomic E-state index is 0.389. The van der Waals surface area contributed by atoms with E-state index in [9.17, 15) is 0 Å². The predicted octanol–water partition coefficient (Wildman–Crippen LogP) is 1.15. The number of guanidine groups is 1. The summed E-state index contributed by atoms with van der Waals surface area (Å²) >= 11 is 0. The van der Waals surface area contributed by atoms with Crippen molar-refractivity contribution < 1.29 is 4.52 Å². The molecule has 18 heavy (non-hydrogen) atoms. The molecule has 0 atom stereocenters. The maximum Gasteiger partial charge on any atom is 0.229 e. The minimum atomic E-state index is 0.389. The molecular formula is C12H19N5O. The number of hydrogen-bond donors (Lipinski definition) is 2. The highest BCUT2D eigenvalue weighted by molar-refractivity contribution is 5.77. The van der Waals surface area contributed by atoms with Crippen LogP contribution in [0.1, 0.15) is 49.7 Å². The fraction of sp³-hybridized carbons (Fsp3) is 0.750. The Kier molecular flexibility index (Phi) is 3.17. The summed E-state index contributed by atoms with van der Waals surface area (Å²) in [5, 5.41) is 7.03. The summed E-state index contributed by atoms with van der Waals surface area (Å²) in [6.45, 7) is 1.31. The van der Waals surface area contributed by atoms with E-state index in [4.69, 9.17) is 10.3 Å². The van der Waals surface area contributed by atoms with Crippen molar-refractivity contribution in [2.75, 3.05) is 6.54 Å². The third-order valence-corrected chi connectivity index (χ3v) is 3.60. The lowest BCUT2D eigenvalue weighted by molar-refractivity contribution is 0.315. The SMILES string of the molecule is NC(=NCc1noc(C2CC2)n1)NCC1CCC1. The van der Waals surface area contributed by atoms with Crippen LogP contribution in [0.2, 0.25) is 0 Å². The van der Waals surface area contributed by atoms with Crippen molar-refractivity contribution >= 4 is 5.96 Å². The maximum absolute atomic E-state index is 5.78. The smallest absolute Gasteiger partial charge is 0.229 e. The summed E-state index contributed by atoms with van der Waals surface area (Å²) < 4.78 is 5.15. The molecular weight excluding hydrogens is 230 g/mol. The summed E-state index contributed by atoms with van der Waals surface area (Å²) in [6.07, 6.45) is 6.27. The van der Waals surface area contributed by atoms with Gasteiger partial charge in [-0.25, -0.2) is 4.99 Å². The van der Waals surface area contributed by atoms with Crippen molar-refractivity contribution in [3.63, 3.8) is 0 Å². The molecule has 0 aromatic carbocycles. The Bertz CT molecular complexity index is 433. The van der Waals surface area contributed by atoms with E-state index in [1.54, 1.807) is 0 Å². The summed E-state index contributed by atoms with van der Waals surface area (Å²) in [5.41, 5.74) is 5.78. The van der Waals surface area contributed by atoms with Gasteiger partial charge in [0.1, 0.15) is 6.54 Å². The molecule has 0 bridgehead atoms. The first-order chi connectivity index (χ1) is 8.81. The molecule has 2 saturated carbocycles. The topological polar surface area (TPSA) is 89.3 Å². The van der Waals surface area contributed by atoms with E-state index in [-0.39, 0.29) is 0 Å². The molecule has 6 nitrogen and oxygen atoms in total. The van der Waals surface area contributed by atoms with E-state index in [2.05, 4.69) is 20.4 Å². The summed E-state index contributed by atoms with van der Waals surface area (Å²) in [7, 11) is 0. The molecule has 6 heteroatoms. The molecule has 1 aromatic rings. The van der Waals surface area contributed by atoms with Crippen LogP contribution in [-0.2, 0) is 6.54 Å². The predicted molar refractivity (Wildman–Crippen MR) is 66.9 cm³/mol. The van der Waals surface area contributed by atoms with Gasteiger partial charge in [0.25, 0.3) is 0 Å². The van der Waals surface area contributed by atoms with Gasteiger partial charge in [-0.05, 0) is 31.6 Å². The quantitative estimate of drug-likeness (QED) is 0.603. The van der Waals surface area contributed by atoms with Crippen molar-refractivity contribution in [2.24, 2.45) is 16.6 Å². The zero-order chi connectivity index (χ0) is 12.4. The zero-order valence-electron chi connectivity index (χ0n) is 10.4. The van der Waals surface area contributed by atoms with Crippen LogP contribution in [0.15, 0.2) is 9.52 Å². The van der Waals surface area contributed by atoms with Gasteiger partial charge in [0, 0.05) is 12.5 Å². The number of aromatic nitrogens is 2. The number of nitrogens with one attached hydrogen (secondary N) is 1. The highest BCUT2D eigenvalue weighted by atomic mass is 16.5. The first kappa shape index (κ1) is 11.5. The van der Waals surface area contributed by atoms with E-state index in [0.29, 0.717) is 24.2 Å². The highest BCUT2D eigenvalue weighted by Crippen LogP contribution is 2.38. The van der Waals surface area contributed by atoms with Gasteiger partial charge in [-0.2, -0.15) is 4.98 Å². The molecule has 2 aliphatic carbocycles. The number of aliphatic imine (C=N–C) groups is 1. The third-order valence-electron chi connectivity index (χ3n) is 3.60. The minimum Gasteiger partial charge on any atom is -0.370 e. The Hall–Kier alpha value is -1.59. The van der Waals surface area contributed by atoms with Crippen LogP contribution in [0.3, 0.4) is 0 Å². The van der Waals surface area contributed by atoms with Gasteiger partial charge in [0.15, 0.2) is 11.8 Å². The van der Waals surface area contributed by atoms with E-state index in [0.717, 1.165) is 31.2 Å². The Balaban J connectivity index is 1.45. The molecule has 1 heterocycles. The lowest BCUT2D eigenvalue weighted by atomic mass is 9.85. The lowest BCUT2D eigenvalue weighted by Gasteiger charge is -2.25. The van der Waals surface area contributed by atoms with E-state index in [1.165, 1.54) is 19.3 Å². The second-order valence-electron chi connectivity index (χ2n) is 5.20. The average molecular weight is 249 g/mol. The summed E-state index contributed by atoms with van der Waals surface area (Å²) in [4.78, 5) is 8.51. The molecule has 1 aromatic heterocycles. The van der Waals surface area contributed by atoms with Crippen LogP contribution in [0, 0.1) is 5.92 Å². The fourth-order valence-electron chi connectivity index (χ4n) is 1.99. The Morgan fingerprint density at radius 1 is 1.39 bits per heavy atom. The number of rotatable bonds is 5. The van der Waals surface area contributed by atoms with Crippen LogP contribution in [0.5, 0.6) is 0 Å². The second-order valence-corrected chi connectivity index (χ2v) is 5.20. The van der Waals surface area contributed by atoms with Crippen LogP contribution in [-0.4, -0.2) is 22.6 Å². The van der Waals surface area contributed by atoms with Crippen molar-refractivity contribution in [1.29, 1.82) is 0 Å². The molecule has 0 aliphatic heterocycles. The summed E-state index contributed by atoms with van der Waals surface area (Å²) in [6, 6.07) is 0. The average Bonchev–Trinajstić information content (AvgIpc) is 3.04. The van der Waals surface area contributed by atoms with Gasteiger partial charge in [-0.3, -0.25) is 0 Å². The first-order valence-corrected chi connectivity index (χ1v) is 6.67. The van der Waals surface area contributed by atoms with Crippen molar-refractivity contribution in [3.8, 4) is 0 Å². The van der Waals surface area contributed by atoms with Crippen LogP contribution < -0.4 is 11.1 Å². The molecule has 0 amide bonds. The Morgan fingerprint density at radius 3 is 2.89 bits per heavy atom. The fourth-order valence-corrected chi connectivity index (χ4v) is 1.99. The van der Waals surface area contributed by atoms with Crippen LogP contribution in [0.25, 0.3) is 0 Å². The van der Waals surface area contributed by atoms with E-state index >= 15 is 0 Å². The molecule has 0 unspecified atom stereocenters. The molecule has 0 saturated heterocycles. The van der Waals surface area contributed by atoms with Gasteiger partial charge < -0.3 is 15.6 Å². The van der Waals surface area contributed by atoms with Crippen molar-refractivity contribution in [3.05, 3.63) is 11.7 Å². The van der Waals surface area contributed by atoms with Crippen LogP contribution >= 0.6 is 0 Å². The van der Waals surface area contributed by atoms with Crippen LogP contribution in [0.4, 0.5) is 0 Å². The maximum atomic E-state index is 5.78. The molecule has 0 spiro atoms. The normalized spacial score (nSPS) is 20.8. The molecule has 3 N–H and O–H groups in total. The molecule has 2 fully saturated rings. The van der Waals surface area contributed by atoms with Crippen molar-refractivity contribution in [2.45, 2.75) is 44.6 Å². The molecule has 98 valence electrons. The highest BCUT2D eigenvalue weighted by Gasteiger charge is 2.29. The number of hydrogen-bond acceptors (Lipinski definition) is 4. The lowest BCUT2D eigenvalue weighted by Crippen LogP contribution is -2.37. The van der Waals surface area contributed by atoms with Gasteiger partial charge in [0.05, 0.1) is 0 Å².